The van der Waals surface area contributed by atoms with Gasteiger partial charge in [-0.05, 0) is 23.8 Å². The Bertz CT molecular complexity index is 896. The molecular weight excluding hydrogens is 334 g/mol. The first kappa shape index (κ1) is 15.7. The van der Waals surface area contributed by atoms with Crippen LogP contribution >= 0.6 is 11.6 Å². The predicted octanol–water partition coefficient (Wildman–Crippen LogP) is 4.50. The lowest BCUT2D eigenvalue weighted by Crippen LogP contribution is -2.32. The van der Waals surface area contributed by atoms with Crippen LogP contribution in [0.5, 0.6) is 0 Å². The zero-order chi connectivity index (χ0) is 17.2. The fourth-order valence-electron chi connectivity index (χ4n) is 3.07. The zero-order valence-corrected chi connectivity index (χ0v) is 14.1. The fourth-order valence-corrected chi connectivity index (χ4v) is 3.18. The van der Waals surface area contributed by atoms with Crippen LogP contribution in [0.4, 0.5) is 5.82 Å². The van der Waals surface area contributed by atoms with Crippen LogP contribution in [-0.2, 0) is 6.54 Å². The van der Waals surface area contributed by atoms with Gasteiger partial charge < -0.3 is 10.2 Å². The SMILES string of the molecule is O=C1c2ccccc2[C@@H](Nc2ccc(Cl)cn2)N1Cc1ccccc1. The second-order valence-corrected chi connectivity index (χ2v) is 6.35. The monoisotopic (exact) mass is 349 g/mol. The van der Waals surface area contributed by atoms with Crippen molar-refractivity contribution in [3.63, 3.8) is 0 Å². The molecule has 0 fully saturated rings. The van der Waals surface area contributed by atoms with Crippen molar-refractivity contribution in [2.45, 2.75) is 12.7 Å². The topological polar surface area (TPSA) is 45.2 Å². The molecule has 0 saturated heterocycles. The number of rotatable bonds is 4. The van der Waals surface area contributed by atoms with E-state index in [-0.39, 0.29) is 12.1 Å². The molecule has 1 aromatic heterocycles. The average Bonchev–Trinajstić information content (AvgIpc) is 2.91. The normalized spacial score (nSPS) is 16.0. The Morgan fingerprint density at radius 3 is 2.52 bits per heavy atom. The van der Waals surface area contributed by atoms with Crippen molar-refractivity contribution in [2.24, 2.45) is 0 Å². The number of carbonyl (C=O) groups excluding carboxylic acids is 1. The molecule has 5 heteroatoms. The van der Waals surface area contributed by atoms with Gasteiger partial charge in [0.05, 0.1) is 5.02 Å². The minimum absolute atomic E-state index is 0.0194. The Morgan fingerprint density at radius 2 is 1.76 bits per heavy atom. The van der Waals surface area contributed by atoms with E-state index in [0.717, 1.165) is 16.7 Å². The third kappa shape index (κ3) is 3.08. The summed E-state index contributed by atoms with van der Waals surface area (Å²) in [6, 6.07) is 21.2. The van der Waals surface area contributed by atoms with Crippen molar-refractivity contribution < 1.29 is 4.79 Å². The molecule has 1 aliphatic rings. The highest BCUT2D eigenvalue weighted by atomic mass is 35.5. The van der Waals surface area contributed by atoms with Crippen molar-refractivity contribution in [1.82, 2.24) is 9.88 Å². The number of aromatic nitrogens is 1. The van der Waals surface area contributed by atoms with E-state index in [1.165, 1.54) is 0 Å². The number of pyridine rings is 1. The molecule has 0 aliphatic carbocycles. The van der Waals surface area contributed by atoms with E-state index in [0.29, 0.717) is 17.4 Å². The molecule has 124 valence electrons. The lowest BCUT2D eigenvalue weighted by atomic mass is 10.1. The number of nitrogens with zero attached hydrogens (tertiary/aromatic N) is 2. The molecule has 25 heavy (non-hydrogen) atoms. The number of hydrogen-bond donors (Lipinski definition) is 1. The van der Waals surface area contributed by atoms with Gasteiger partial charge in [-0.1, -0.05) is 60.1 Å². The van der Waals surface area contributed by atoms with Gasteiger partial charge in [-0.2, -0.15) is 0 Å². The summed E-state index contributed by atoms with van der Waals surface area (Å²) in [4.78, 5) is 19.0. The van der Waals surface area contributed by atoms with E-state index in [1.807, 2.05) is 65.6 Å². The van der Waals surface area contributed by atoms with Gasteiger partial charge in [-0.15, -0.1) is 0 Å². The summed E-state index contributed by atoms with van der Waals surface area (Å²) >= 11 is 5.91. The van der Waals surface area contributed by atoms with Gasteiger partial charge in [0.1, 0.15) is 12.0 Å². The van der Waals surface area contributed by atoms with Gasteiger partial charge in [0, 0.05) is 23.9 Å². The summed E-state index contributed by atoms with van der Waals surface area (Å²) < 4.78 is 0. The van der Waals surface area contributed by atoms with Crippen LogP contribution < -0.4 is 5.32 Å². The van der Waals surface area contributed by atoms with Crippen LogP contribution in [0, 0.1) is 0 Å². The van der Waals surface area contributed by atoms with E-state index in [4.69, 9.17) is 11.6 Å². The smallest absolute Gasteiger partial charge is 0.256 e. The third-order valence-corrected chi connectivity index (χ3v) is 4.49. The minimum Gasteiger partial charge on any atom is -0.346 e. The Balaban J connectivity index is 1.68. The van der Waals surface area contributed by atoms with Crippen molar-refractivity contribution in [3.05, 3.63) is 94.6 Å². The molecule has 2 aromatic carbocycles. The standard InChI is InChI=1S/C20H16ClN3O/c21-15-10-11-18(22-12-15)23-19-16-8-4-5-9-17(16)20(25)24(19)13-14-6-2-1-3-7-14/h1-12,19H,13H2,(H,22,23)/t19-/m0/s1. The minimum atomic E-state index is -0.266. The Kier molecular flexibility index (Phi) is 4.12. The first-order chi connectivity index (χ1) is 12.2. The Morgan fingerprint density at radius 1 is 1.00 bits per heavy atom. The van der Waals surface area contributed by atoms with Crippen molar-refractivity contribution in [3.8, 4) is 0 Å². The van der Waals surface area contributed by atoms with Gasteiger partial charge >= 0.3 is 0 Å². The number of fused-ring (bicyclic) bond motifs is 1. The van der Waals surface area contributed by atoms with Crippen LogP contribution in [0.3, 0.4) is 0 Å². The highest BCUT2D eigenvalue weighted by molar-refractivity contribution is 6.30. The van der Waals surface area contributed by atoms with Crippen LogP contribution in [0.15, 0.2) is 72.9 Å². The largest absolute Gasteiger partial charge is 0.346 e. The number of amides is 1. The predicted molar refractivity (Wildman–Crippen MR) is 98.4 cm³/mol. The van der Waals surface area contributed by atoms with E-state index in [1.54, 1.807) is 12.3 Å². The molecule has 0 unspecified atom stereocenters. The quantitative estimate of drug-likeness (QED) is 0.754. The lowest BCUT2D eigenvalue weighted by Gasteiger charge is -2.26. The molecule has 0 bridgehead atoms. The molecule has 4 rings (SSSR count). The van der Waals surface area contributed by atoms with Gasteiger partial charge in [0.15, 0.2) is 0 Å². The van der Waals surface area contributed by atoms with Gasteiger partial charge in [-0.25, -0.2) is 4.98 Å². The number of nitrogens with one attached hydrogen (secondary N) is 1. The summed E-state index contributed by atoms with van der Waals surface area (Å²) in [6.45, 7) is 0.527. The van der Waals surface area contributed by atoms with Crippen molar-refractivity contribution in [2.75, 3.05) is 5.32 Å². The molecule has 1 aliphatic heterocycles. The lowest BCUT2D eigenvalue weighted by molar-refractivity contribution is 0.0728. The molecule has 4 nitrogen and oxygen atoms in total. The number of halogens is 1. The summed E-state index contributed by atoms with van der Waals surface area (Å²) in [7, 11) is 0. The maximum Gasteiger partial charge on any atom is 0.256 e. The van der Waals surface area contributed by atoms with Crippen LogP contribution in [0.2, 0.25) is 5.02 Å². The first-order valence-corrected chi connectivity index (χ1v) is 8.42. The van der Waals surface area contributed by atoms with Crippen molar-refractivity contribution >= 4 is 23.3 Å². The van der Waals surface area contributed by atoms with Gasteiger partial charge in [0.2, 0.25) is 0 Å². The Labute approximate surface area is 151 Å². The Hall–Kier alpha value is -2.85. The average molecular weight is 350 g/mol. The highest BCUT2D eigenvalue weighted by Crippen LogP contribution is 2.35. The second-order valence-electron chi connectivity index (χ2n) is 5.91. The number of hydrogen-bond acceptors (Lipinski definition) is 3. The van der Waals surface area contributed by atoms with E-state index in [2.05, 4.69) is 10.3 Å². The van der Waals surface area contributed by atoms with Crippen LogP contribution in [0.25, 0.3) is 0 Å². The number of anilines is 1. The summed E-state index contributed by atoms with van der Waals surface area (Å²) in [5, 5.41) is 3.94. The maximum atomic E-state index is 12.9. The van der Waals surface area contributed by atoms with Crippen LogP contribution in [0.1, 0.15) is 27.7 Å². The maximum absolute atomic E-state index is 12.9. The number of carbonyl (C=O) groups is 1. The first-order valence-electron chi connectivity index (χ1n) is 8.04. The van der Waals surface area contributed by atoms with Crippen LogP contribution in [-0.4, -0.2) is 15.8 Å². The molecule has 0 saturated carbocycles. The van der Waals surface area contributed by atoms with Crippen molar-refractivity contribution in [1.29, 1.82) is 0 Å². The molecule has 1 N–H and O–H groups in total. The second kappa shape index (κ2) is 6.57. The van der Waals surface area contributed by atoms with Gasteiger partial charge in [0.25, 0.3) is 5.91 Å². The summed E-state index contributed by atoms with van der Waals surface area (Å²) in [5.74, 6) is 0.697. The van der Waals surface area contributed by atoms with E-state index in [9.17, 15) is 4.79 Å². The molecule has 0 radical (unpaired) electrons. The highest BCUT2D eigenvalue weighted by Gasteiger charge is 2.36. The molecule has 1 atom stereocenters. The van der Waals surface area contributed by atoms with Gasteiger partial charge in [-0.3, -0.25) is 4.79 Å². The fraction of sp³-hybridized carbons (Fsp3) is 0.100. The molecule has 1 amide bonds. The summed E-state index contributed by atoms with van der Waals surface area (Å²) in [5.41, 5.74) is 2.77. The van der Waals surface area contributed by atoms with E-state index < -0.39 is 0 Å². The van der Waals surface area contributed by atoms with E-state index >= 15 is 0 Å². The molecular formula is C20H16ClN3O. The zero-order valence-electron chi connectivity index (χ0n) is 13.4. The molecule has 2 heterocycles. The summed E-state index contributed by atoms with van der Waals surface area (Å²) in [6.07, 6.45) is 1.33. The third-order valence-electron chi connectivity index (χ3n) is 4.27. The number of benzene rings is 2. The molecule has 0 spiro atoms. The molecule has 3 aromatic rings.